The van der Waals surface area contributed by atoms with E-state index in [0.29, 0.717) is 19.8 Å². The molecule has 5 nitrogen and oxygen atoms in total. The molecular formula is C15H22N2O3. The molecule has 1 aliphatic rings. The molecule has 110 valence electrons. The minimum absolute atomic E-state index is 0.0146. The minimum atomic E-state index is -0.129. The maximum Gasteiger partial charge on any atom is 0.227 e. The fraction of sp³-hybridized carbons (Fsp3) is 0.533. The summed E-state index contributed by atoms with van der Waals surface area (Å²) in [5, 5.41) is 15.3. The number of aliphatic hydroxyl groups excluding tert-OH is 1. The Labute approximate surface area is 119 Å². The van der Waals surface area contributed by atoms with Gasteiger partial charge in [0.05, 0.1) is 25.7 Å². The van der Waals surface area contributed by atoms with Crippen molar-refractivity contribution in [3.8, 4) is 0 Å². The van der Waals surface area contributed by atoms with Crippen LogP contribution in [-0.4, -0.2) is 36.8 Å². The summed E-state index contributed by atoms with van der Waals surface area (Å²) < 4.78 is 5.38. The fourth-order valence-electron chi connectivity index (χ4n) is 2.43. The SMILES string of the molecule is CCNC1COCC1C(=O)NCc1cccc(CO)c1. The first-order chi connectivity index (χ1) is 9.74. The van der Waals surface area contributed by atoms with Gasteiger partial charge in [-0.2, -0.15) is 0 Å². The lowest BCUT2D eigenvalue weighted by Gasteiger charge is -2.17. The third-order valence-corrected chi connectivity index (χ3v) is 3.52. The van der Waals surface area contributed by atoms with Crippen molar-refractivity contribution in [3.63, 3.8) is 0 Å². The number of carbonyl (C=O) groups is 1. The van der Waals surface area contributed by atoms with Crippen molar-refractivity contribution in [1.29, 1.82) is 0 Å². The molecule has 5 heteroatoms. The van der Waals surface area contributed by atoms with E-state index in [2.05, 4.69) is 10.6 Å². The Morgan fingerprint density at radius 2 is 2.20 bits per heavy atom. The second kappa shape index (κ2) is 7.38. The summed E-state index contributed by atoms with van der Waals surface area (Å²) in [6.07, 6.45) is 0. The first-order valence-electron chi connectivity index (χ1n) is 7.02. The normalized spacial score (nSPS) is 21.9. The Balaban J connectivity index is 1.88. The van der Waals surface area contributed by atoms with Crippen LogP contribution in [0.4, 0.5) is 0 Å². The second-order valence-electron chi connectivity index (χ2n) is 5.00. The number of ether oxygens (including phenoxy) is 1. The number of benzene rings is 1. The van der Waals surface area contributed by atoms with Crippen molar-refractivity contribution in [1.82, 2.24) is 10.6 Å². The highest BCUT2D eigenvalue weighted by Gasteiger charge is 2.33. The third kappa shape index (κ3) is 3.79. The minimum Gasteiger partial charge on any atom is -0.392 e. The van der Waals surface area contributed by atoms with E-state index in [1.807, 2.05) is 31.2 Å². The molecule has 1 aromatic carbocycles. The molecule has 2 unspecified atom stereocenters. The molecule has 0 bridgehead atoms. The van der Waals surface area contributed by atoms with Gasteiger partial charge in [0.2, 0.25) is 5.91 Å². The maximum absolute atomic E-state index is 12.2. The van der Waals surface area contributed by atoms with Crippen molar-refractivity contribution in [2.24, 2.45) is 5.92 Å². The predicted molar refractivity (Wildman–Crippen MR) is 76.0 cm³/mol. The lowest BCUT2D eigenvalue weighted by molar-refractivity contribution is -0.125. The summed E-state index contributed by atoms with van der Waals surface area (Å²) in [5.41, 5.74) is 1.84. The van der Waals surface area contributed by atoms with Gasteiger partial charge in [-0.15, -0.1) is 0 Å². The van der Waals surface area contributed by atoms with Crippen LogP contribution in [0.15, 0.2) is 24.3 Å². The Bertz CT molecular complexity index is 450. The molecule has 20 heavy (non-hydrogen) atoms. The van der Waals surface area contributed by atoms with Gasteiger partial charge in [0.1, 0.15) is 0 Å². The summed E-state index contributed by atoms with van der Waals surface area (Å²) in [6, 6.07) is 7.67. The van der Waals surface area contributed by atoms with Gasteiger partial charge in [-0.05, 0) is 17.7 Å². The molecule has 0 spiro atoms. The van der Waals surface area contributed by atoms with Crippen LogP contribution >= 0.6 is 0 Å². The highest BCUT2D eigenvalue weighted by Crippen LogP contribution is 2.14. The molecule has 0 saturated carbocycles. The molecule has 1 heterocycles. The van der Waals surface area contributed by atoms with Crippen molar-refractivity contribution < 1.29 is 14.6 Å². The maximum atomic E-state index is 12.2. The predicted octanol–water partition coefficient (Wildman–Crippen LogP) is 0.420. The topological polar surface area (TPSA) is 70.6 Å². The highest BCUT2D eigenvalue weighted by molar-refractivity contribution is 5.79. The van der Waals surface area contributed by atoms with Crippen LogP contribution in [0, 0.1) is 5.92 Å². The summed E-state index contributed by atoms with van der Waals surface area (Å²) in [5.74, 6) is -0.112. The van der Waals surface area contributed by atoms with Crippen molar-refractivity contribution in [2.75, 3.05) is 19.8 Å². The Morgan fingerprint density at radius 3 is 2.95 bits per heavy atom. The van der Waals surface area contributed by atoms with Crippen LogP contribution in [0.2, 0.25) is 0 Å². The molecule has 1 saturated heterocycles. The van der Waals surface area contributed by atoms with Gasteiger partial charge in [0.25, 0.3) is 0 Å². The zero-order valence-electron chi connectivity index (χ0n) is 11.8. The van der Waals surface area contributed by atoms with Crippen molar-refractivity contribution in [2.45, 2.75) is 26.1 Å². The number of carbonyl (C=O) groups excluding carboxylic acids is 1. The average molecular weight is 278 g/mol. The van der Waals surface area contributed by atoms with Crippen LogP contribution < -0.4 is 10.6 Å². The molecule has 2 atom stereocenters. The largest absolute Gasteiger partial charge is 0.392 e. The first kappa shape index (κ1) is 15.0. The van der Waals surface area contributed by atoms with Gasteiger partial charge in [-0.1, -0.05) is 31.2 Å². The monoisotopic (exact) mass is 278 g/mol. The van der Waals surface area contributed by atoms with E-state index in [9.17, 15) is 4.79 Å². The van der Waals surface area contributed by atoms with E-state index < -0.39 is 0 Å². The van der Waals surface area contributed by atoms with Crippen LogP contribution in [0.5, 0.6) is 0 Å². The Hall–Kier alpha value is -1.43. The van der Waals surface area contributed by atoms with Gasteiger partial charge in [0.15, 0.2) is 0 Å². The lowest BCUT2D eigenvalue weighted by atomic mass is 10.0. The lowest BCUT2D eigenvalue weighted by Crippen LogP contribution is -2.43. The molecule has 1 aromatic rings. The number of hydrogen-bond acceptors (Lipinski definition) is 4. The molecule has 1 aliphatic heterocycles. The van der Waals surface area contributed by atoms with Gasteiger partial charge < -0.3 is 20.5 Å². The van der Waals surface area contributed by atoms with Gasteiger partial charge in [0, 0.05) is 12.6 Å². The summed E-state index contributed by atoms with van der Waals surface area (Å²) in [4.78, 5) is 12.2. The van der Waals surface area contributed by atoms with E-state index in [0.717, 1.165) is 17.7 Å². The van der Waals surface area contributed by atoms with E-state index in [4.69, 9.17) is 9.84 Å². The van der Waals surface area contributed by atoms with Crippen LogP contribution in [0.25, 0.3) is 0 Å². The van der Waals surface area contributed by atoms with Crippen molar-refractivity contribution >= 4 is 5.91 Å². The highest BCUT2D eigenvalue weighted by atomic mass is 16.5. The number of likely N-dealkylation sites (N-methyl/N-ethyl adjacent to an activating group) is 1. The number of rotatable bonds is 6. The van der Waals surface area contributed by atoms with Crippen LogP contribution in [0.1, 0.15) is 18.1 Å². The zero-order valence-corrected chi connectivity index (χ0v) is 11.8. The fourth-order valence-corrected chi connectivity index (χ4v) is 2.43. The molecule has 3 N–H and O–H groups in total. The average Bonchev–Trinajstić information content (AvgIpc) is 2.94. The smallest absolute Gasteiger partial charge is 0.227 e. The number of nitrogens with one attached hydrogen (secondary N) is 2. The molecule has 0 aliphatic carbocycles. The third-order valence-electron chi connectivity index (χ3n) is 3.52. The Kier molecular flexibility index (Phi) is 5.52. The van der Waals surface area contributed by atoms with E-state index in [-0.39, 0.29) is 24.5 Å². The van der Waals surface area contributed by atoms with Gasteiger partial charge in [-0.25, -0.2) is 0 Å². The zero-order chi connectivity index (χ0) is 14.4. The van der Waals surface area contributed by atoms with Crippen LogP contribution in [-0.2, 0) is 22.7 Å². The summed E-state index contributed by atoms with van der Waals surface area (Å²) in [6.45, 7) is 4.40. The first-order valence-corrected chi connectivity index (χ1v) is 7.02. The number of aliphatic hydroxyl groups is 1. The molecular weight excluding hydrogens is 256 g/mol. The molecule has 0 aromatic heterocycles. The van der Waals surface area contributed by atoms with E-state index in [1.165, 1.54) is 0 Å². The molecule has 1 fully saturated rings. The molecule has 1 amide bonds. The summed E-state index contributed by atoms with van der Waals surface area (Å²) >= 11 is 0. The summed E-state index contributed by atoms with van der Waals surface area (Å²) in [7, 11) is 0. The van der Waals surface area contributed by atoms with Gasteiger partial charge >= 0.3 is 0 Å². The molecule has 0 radical (unpaired) electrons. The molecule has 2 rings (SSSR count). The number of amides is 1. The van der Waals surface area contributed by atoms with E-state index >= 15 is 0 Å². The standard InChI is InChI=1S/C15H22N2O3/c1-2-16-14-10-20-9-13(14)15(19)17-7-11-4-3-5-12(6-11)8-18/h3-6,13-14,16,18H,2,7-10H2,1H3,(H,17,19). The van der Waals surface area contributed by atoms with Crippen LogP contribution in [0.3, 0.4) is 0 Å². The Morgan fingerprint density at radius 1 is 1.40 bits per heavy atom. The van der Waals surface area contributed by atoms with Gasteiger partial charge in [-0.3, -0.25) is 4.79 Å². The second-order valence-corrected chi connectivity index (χ2v) is 5.00. The van der Waals surface area contributed by atoms with E-state index in [1.54, 1.807) is 0 Å². The quantitative estimate of drug-likeness (QED) is 0.705. The number of hydrogen-bond donors (Lipinski definition) is 3. The van der Waals surface area contributed by atoms with Crippen molar-refractivity contribution in [3.05, 3.63) is 35.4 Å².